The van der Waals surface area contributed by atoms with Crippen molar-refractivity contribution in [1.29, 1.82) is 0 Å². The van der Waals surface area contributed by atoms with E-state index in [4.69, 9.17) is 4.74 Å². The minimum atomic E-state index is -0.0896. The fraction of sp³-hybridized carbons (Fsp3) is 0.609. The van der Waals surface area contributed by atoms with Gasteiger partial charge in [-0.05, 0) is 69.2 Å². The van der Waals surface area contributed by atoms with E-state index >= 15 is 0 Å². The number of hydrogen-bond acceptors (Lipinski definition) is 1. The molecule has 0 bridgehead atoms. The van der Waals surface area contributed by atoms with Gasteiger partial charge in [0.1, 0.15) is 0 Å². The molecule has 0 aliphatic carbocycles. The molecule has 0 spiro atoms. The van der Waals surface area contributed by atoms with E-state index < -0.39 is 0 Å². The molecular formula is C46H79BN2O+2. The Hall–Kier alpha value is -2.40. The van der Waals surface area contributed by atoms with Crippen LogP contribution >= 0.6 is 0 Å². The Kier molecular flexibility index (Phi) is 20.6. The maximum atomic E-state index is 6.63. The van der Waals surface area contributed by atoms with Crippen LogP contribution in [-0.4, -0.2) is 79.2 Å². The Morgan fingerprint density at radius 2 is 0.860 bits per heavy atom. The van der Waals surface area contributed by atoms with E-state index in [1.54, 1.807) is 0 Å². The van der Waals surface area contributed by atoms with E-state index in [1.165, 1.54) is 79.5 Å². The normalized spacial score (nSPS) is 13.3. The monoisotopic (exact) mass is 687 g/mol. The fourth-order valence-electron chi connectivity index (χ4n) is 7.42. The first-order chi connectivity index (χ1) is 23.7. The highest BCUT2D eigenvalue weighted by atomic mass is 16.5. The molecule has 0 N–H and O–H groups in total. The molecule has 0 saturated carbocycles. The Labute approximate surface area is 312 Å². The van der Waals surface area contributed by atoms with Crippen molar-refractivity contribution in [2.75, 3.05) is 52.4 Å². The molecule has 2 atom stereocenters. The molecule has 3 nitrogen and oxygen atoms in total. The van der Waals surface area contributed by atoms with Crippen LogP contribution in [0.1, 0.15) is 110 Å². The van der Waals surface area contributed by atoms with Gasteiger partial charge in [-0.1, -0.05) is 148 Å². The first kappa shape index (κ1) is 45.6. The molecule has 3 rings (SSSR count). The van der Waals surface area contributed by atoms with Crippen LogP contribution in [0.25, 0.3) is 0 Å². The summed E-state index contributed by atoms with van der Waals surface area (Å²) >= 11 is 0. The summed E-state index contributed by atoms with van der Waals surface area (Å²) in [6.45, 7) is 42.2. The first-order valence-electron chi connectivity index (χ1n) is 20.2. The second-order valence-electron chi connectivity index (χ2n) is 15.6. The third kappa shape index (κ3) is 12.7. The summed E-state index contributed by atoms with van der Waals surface area (Å²) in [5.74, 6) is 1.06. The van der Waals surface area contributed by atoms with Crippen molar-refractivity contribution >= 4 is 23.1 Å². The average Bonchev–Trinajstić information content (AvgIpc) is 3.15. The van der Waals surface area contributed by atoms with Crippen LogP contribution in [0.5, 0.6) is 0 Å². The molecule has 3 aromatic rings. The van der Waals surface area contributed by atoms with Crippen LogP contribution in [-0.2, 0) is 4.74 Å². The quantitative estimate of drug-likeness (QED) is 0.0957. The lowest BCUT2D eigenvalue weighted by atomic mass is 9.37. The summed E-state index contributed by atoms with van der Waals surface area (Å²) in [4.78, 5) is 0. The van der Waals surface area contributed by atoms with Gasteiger partial charge in [-0.15, -0.1) is 0 Å². The maximum absolute atomic E-state index is 6.63. The van der Waals surface area contributed by atoms with Crippen LogP contribution < -0.4 is 16.4 Å². The average molecular weight is 687 g/mol. The van der Waals surface area contributed by atoms with Crippen LogP contribution in [0, 0.1) is 11.8 Å². The summed E-state index contributed by atoms with van der Waals surface area (Å²) in [6.07, 6.45) is 2.64. The number of hydrogen-bond donors (Lipinski definition) is 0. The Morgan fingerprint density at radius 1 is 0.520 bits per heavy atom. The molecule has 0 aliphatic heterocycles. The predicted octanol–water partition coefficient (Wildman–Crippen LogP) is 9.59. The Balaban J connectivity index is 0.000000468. The summed E-state index contributed by atoms with van der Waals surface area (Å²) in [6, 6.07) is 32.0. The van der Waals surface area contributed by atoms with Crippen molar-refractivity contribution in [3.05, 3.63) is 91.0 Å². The van der Waals surface area contributed by atoms with E-state index in [9.17, 15) is 0 Å². The Bertz CT molecular complexity index is 1140. The minimum Gasteiger partial charge on any atom is -0.375 e. The molecule has 0 aromatic heterocycles. The lowest BCUT2D eigenvalue weighted by molar-refractivity contribution is -0.972. The van der Waals surface area contributed by atoms with E-state index in [2.05, 4.69) is 188 Å². The lowest BCUT2D eigenvalue weighted by Gasteiger charge is -2.52. The molecule has 0 saturated heterocycles. The largest absolute Gasteiger partial charge is 0.375 e. The minimum absolute atomic E-state index is 0.0896. The number of ether oxygens (including phenoxy) is 1. The van der Waals surface area contributed by atoms with Crippen molar-refractivity contribution in [2.45, 2.75) is 121 Å². The predicted molar refractivity (Wildman–Crippen MR) is 226 cm³/mol. The molecule has 0 fully saturated rings. The molecule has 50 heavy (non-hydrogen) atoms. The van der Waals surface area contributed by atoms with Crippen molar-refractivity contribution in [3.63, 3.8) is 0 Å². The van der Waals surface area contributed by atoms with Gasteiger partial charge in [0, 0.05) is 11.8 Å². The van der Waals surface area contributed by atoms with Gasteiger partial charge < -0.3 is 13.7 Å². The van der Waals surface area contributed by atoms with Gasteiger partial charge in [-0.3, -0.25) is 0 Å². The smallest absolute Gasteiger partial charge is 0.241 e. The molecular weight excluding hydrogens is 607 g/mol. The fourth-order valence-corrected chi connectivity index (χ4v) is 7.42. The van der Waals surface area contributed by atoms with Crippen LogP contribution in [0.15, 0.2) is 91.0 Å². The second-order valence-corrected chi connectivity index (χ2v) is 15.6. The third-order valence-electron chi connectivity index (χ3n) is 12.7. The molecule has 2 unspecified atom stereocenters. The third-order valence-corrected chi connectivity index (χ3v) is 12.7. The van der Waals surface area contributed by atoms with Crippen LogP contribution in [0.3, 0.4) is 0 Å². The number of benzene rings is 3. The van der Waals surface area contributed by atoms with Gasteiger partial charge in [0.05, 0.1) is 63.6 Å². The van der Waals surface area contributed by atoms with E-state index in [-0.39, 0.29) is 11.1 Å². The topological polar surface area (TPSA) is 9.23 Å². The summed E-state index contributed by atoms with van der Waals surface area (Å²) < 4.78 is 8.98. The maximum Gasteiger partial charge on any atom is 0.241 e. The Morgan fingerprint density at radius 3 is 1.14 bits per heavy atom. The highest BCUT2D eigenvalue weighted by molar-refractivity contribution is 6.95. The zero-order valence-electron chi connectivity index (χ0n) is 35.3. The van der Waals surface area contributed by atoms with Gasteiger partial charge in [-0.2, -0.15) is 0 Å². The van der Waals surface area contributed by atoms with Crippen molar-refractivity contribution in [3.8, 4) is 0 Å². The lowest BCUT2D eigenvalue weighted by Crippen LogP contribution is -2.65. The van der Waals surface area contributed by atoms with Crippen molar-refractivity contribution in [2.24, 2.45) is 11.8 Å². The molecule has 4 heteroatoms. The van der Waals surface area contributed by atoms with Crippen LogP contribution in [0.4, 0.5) is 0 Å². The summed E-state index contributed by atoms with van der Waals surface area (Å²) in [5.41, 5.74) is 4.13. The van der Waals surface area contributed by atoms with E-state index in [0.29, 0.717) is 18.5 Å². The second kappa shape index (κ2) is 22.5. The van der Waals surface area contributed by atoms with Gasteiger partial charge >= 0.3 is 0 Å². The van der Waals surface area contributed by atoms with E-state index in [1.807, 2.05) is 0 Å². The van der Waals surface area contributed by atoms with Crippen molar-refractivity contribution < 1.29 is 13.7 Å². The van der Waals surface area contributed by atoms with Gasteiger partial charge in [0.15, 0.2) is 0 Å². The number of unbranched alkanes of at least 4 members (excludes halogenated alkanes) is 1. The summed E-state index contributed by atoms with van der Waals surface area (Å²) in [5, 5.41) is 0. The van der Waals surface area contributed by atoms with Gasteiger partial charge in [-0.25, -0.2) is 0 Å². The molecule has 3 aromatic carbocycles. The van der Waals surface area contributed by atoms with Crippen molar-refractivity contribution in [1.82, 2.24) is 0 Å². The molecule has 280 valence electrons. The SMILES string of the molecule is CCCC.CC[N+](CC)(CC)CC(C)C(C)(C)OCC(C)C(C)(C)[N+](CC)(CC)CC.c1ccc(B(c2ccccc2)c2ccccc2)cc1. The highest BCUT2D eigenvalue weighted by Crippen LogP contribution is 2.34. The molecule has 0 radical (unpaired) electrons. The van der Waals surface area contributed by atoms with E-state index in [0.717, 1.165) is 11.1 Å². The number of quaternary nitrogens is 2. The van der Waals surface area contributed by atoms with Gasteiger partial charge in [0.2, 0.25) is 6.71 Å². The van der Waals surface area contributed by atoms with Crippen LogP contribution in [0.2, 0.25) is 0 Å². The van der Waals surface area contributed by atoms with Gasteiger partial charge in [0.25, 0.3) is 0 Å². The zero-order valence-corrected chi connectivity index (χ0v) is 35.3. The number of nitrogens with zero attached hydrogens (tertiary/aromatic N) is 2. The first-order valence-corrected chi connectivity index (χ1v) is 20.2. The number of rotatable bonds is 18. The molecule has 0 heterocycles. The summed E-state index contributed by atoms with van der Waals surface area (Å²) in [7, 11) is 0. The molecule has 0 amide bonds. The standard InChI is InChI=1S/C24H54N2O.C18H15B.C4H10/c1-13-25(14-2,15-3)19-21(7)24(11,12)27-20-22(8)23(9,10)26(16-4,17-5)18-6;1-4-10-16(11-5-1)19(17-12-6-2-7-13-17)18-14-8-3-9-15-18;1-3-4-2/h21-22H,13-20H2,1-12H3;1-15H;3-4H2,1-2H3/q+2;;. The molecule has 0 aliphatic rings. The zero-order chi connectivity index (χ0) is 37.8. The highest BCUT2D eigenvalue weighted by Gasteiger charge is 2.45.